The first-order valence-corrected chi connectivity index (χ1v) is 10.4. The molecule has 0 fully saturated rings. The van der Waals surface area contributed by atoms with Crippen LogP contribution in [0, 0.1) is 18.3 Å². The molecule has 31 heavy (non-hydrogen) atoms. The van der Waals surface area contributed by atoms with Gasteiger partial charge in [0, 0.05) is 10.9 Å². The summed E-state index contributed by atoms with van der Waals surface area (Å²) in [6.07, 6.45) is 1.41. The van der Waals surface area contributed by atoms with Crippen molar-refractivity contribution in [3.63, 3.8) is 0 Å². The van der Waals surface area contributed by atoms with Crippen molar-refractivity contribution in [3.05, 3.63) is 76.2 Å². The van der Waals surface area contributed by atoms with Gasteiger partial charge in [0.25, 0.3) is 5.91 Å². The zero-order chi connectivity index (χ0) is 22.4. The van der Waals surface area contributed by atoms with E-state index in [0.717, 1.165) is 11.1 Å². The number of benzene rings is 2. The van der Waals surface area contributed by atoms with Gasteiger partial charge < -0.3 is 15.2 Å². The van der Waals surface area contributed by atoms with E-state index >= 15 is 0 Å². The molecule has 2 N–H and O–H groups in total. The highest BCUT2D eigenvalue weighted by Gasteiger charge is 2.23. The number of aromatic hydroxyl groups is 1. The molecule has 0 saturated carbocycles. The van der Waals surface area contributed by atoms with Crippen LogP contribution in [0.3, 0.4) is 0 Å². The molecule has 0 aliphatic heterocycles. The maximum absolute atomic E-state index is 12.7. The Kier molecular flexibility index (Phi) is 6.85. The molecule has 2 aromatic carbocycles. The van der Waals surface area contributed by atoms with Crippen molar-refractivity contribution in [3.8, 4) is 22.9 Å². The minimum Gasteiger partial charge on any atom is -0.508 e. The van der Waals surface area contributed by atoms with Crippen molar-refractivity contribution in [2.75, 3.05) is 11.9 Å². The fourth-order valence-corrected chi connectivity index (χ4v) is 3.81. The zero-order valence-electron chi connectivity index (χ0n) is 17.0. The first-order valence-electron chi connectivity index (χ1n) is 9.50. The highest BCUT2D eigenvalue weighted by molar-refractivity contribution is 7.15. The lowest BCUT2D eigenvalue weighted by Crippen LogP contribution is -2.16. The average Bonchev–Trinajstić information content (AvgIpc) is 3.17. The van der Waals surface area contributed by atoms with Crippen LogP contribution in [0.15, 0.2) is 59.5 Å². The lowest BCUT2D eigenvalue weighted by molar-refractivity contribution is -0.112. The minimum atomic E-state index is -0.640. The molecule has 0 atom stereocenters. The van der Waals surface area contributed by atoms with E-state index in [1.807, 2.05) is 37.3 Å². The van der Waals surface area contributed by atoms with E-state index in [4.69, 9.17) is 4.74 Å². The van der Waals surface area contributed by atoms with E-state index in [1.165, 1.54) is 29.5 Å². The van der Waals surface area contributed by atoms with Gasteiger partial charge in [-0.25, -0.2) is 4.79 Å². The Morgan fingerprint density at radius 3 is 2.45 bits per heavy atom. The molecule has 0 aliphatic rings. The number of ether oxygens (including phenoxy) is 1. The summed E-state index contributed by atoms with van der Waals surface area (Å²) in [5.41, 5.74) is 3.27. The van der Waals surface area contributed by atoms with Crippen molar-refractivity contribution in [2.45, 2.75) is 13.8 Å². The number of nitriles is 1. The van der Waals surface area contributed by atoms with Crippen molar-refractivity contribution < 1.29 is 19.4 Å². The molecular formula is C24H20N2O4S. The first kappa shape index (κ1) is 21.8. The number of carbonyl (C=O) groups is 2. The number of phenolic OH excluding ortho intramolecular Hbond substituents is 1. The summed E-state index contributed by atoms with van der Waals surface area (Å²) >= 11 is 1.19. The van der Waals surface area contributed by atoms with Gasteiger partial charge in [0.1, 0.15) is 28.0 Å². The van der Waals surface area contributed by atoms with E-state index in [-0.39, 0.29) is 23.5 Å². The van der Waals surface area contributed by atoms with Crippen molar-refractivity contribution in [1.82, 2.24) is 0 Å². The normalized spacial score (nSPS) is 10.9. The Balaban J connectivity index is 1.95. The number of hydrogen-bond donors (Lipinski definition) is 2. The van der Waals surface area contributed by atoms with Gasteiger partial charge in [-0.1, -0.05) is 42.0 Å². The van der Waals surface area contributed by atoms with Crippen molar-refractivity contribution in [1.29, 1.82) is 5.26 Å². The van der Waals surface area contributed by atoms with Crippen LogP contribution in [0.5, 0.6) is 5.75 Å². The second-order valence-electron chi connectivity index (χ2n) is 6.66. The molecule has 0 unspecified atom stereocenters. The average molecular weight is 433 g/mol. The lowest BCUT2D eigenvalue weighted by Gasteiger charge is -2.09. The smallest absolute Gasteiger partial charge is 0.341 e. The Labute approximate surface area is 184 Å². The van der Waals surface area contributed by atoms with Crippen LogP contribution in [-0.4, -0.2) is 23.6 Å². The van der Waals surface area contributed by atoms with Crippen molar-refractivity contribution in [2.24, 2.45) is 0 Å². The van der Waals surface area contributed by atoms with Crippen LogP contribution in [0.2, 0.25) is 0 Å². The molecule has 156 valence electrons. The molecule has 0 aliphatic carbocycles. The zero-order valence-corrected chi connectivity index (χ0v) is 17.8. The van der Waals surface area contributed by atoms with Crippen LogP contribution >= 0.6 is 11.3 Å². The standard InChI is InChI=1S/C24H20N2O4S/c1-3-30-24(29)21-20(17-8-4-15(2)5-9-17)14-31-23(21)26-22(28)18(13-25)12-16-6-10-19(27)11-7-16/h4-12,14,27H,3H2,1-2H3,(H,26,28)/b18-12+. The quantitative estimate of drug-likeness (QED) is 0.319. The third-order valence-corrected chi connectivity index (χ3v) is 5.32. The molecule has 3 rings (SSSR count). The summed E-state index contributed by atoms with van der Waals surface area (Å²) in [5, 5.41) is 23.6. The van der Waals surface area contributed by atoms with E-state index in [0.29, 0.717) is 16.1 Å². The maximum Gasteiger partial charge on any atom is 0.341 e. The largest absolute Gasteiger partial charge is 0.508 e. The fourth-order valence-electron chi connectivity index (χ4n) is 2.86. The SMILES string of the molecule is CCOC(=O)c1c(-c2ccc(C)cc2)csc1NC(=O)/C(C#N)=C/c1ccc(O)cc1. The van der Waals surface area contributed by atoms with Crippen LogP contribution in [0.4, 0.5) is 5.00 Å². The number of carbonyl (C=O) groups excluding carboxylic acids is 2. The van der Waals surface area contributed by atoms with Crippen LogP contribution in [0.1, 0.15) is 28.4 Å². The summed E-state index contributed by atoms with van der Waals surface area (Å²) in [7, 11) is 0. The van der Waals surface area contributed by atoms with Gasteiger partial charge in [-0.15, -0.1) is 11.3 Å². The number of aryl methyl sites for hydroxylation is 1. The molecule has 0 radical (unpaired) electrons. The molecule has 0 bridgehead atoms. The molecule has 0 saturated heterocycles. The second-order valence-corrected chi connectivity index (χ2v) is 7.54. The van der Waals surface area contributed by atoms with Gasteiger partial charge in [-0.2, -0.15) is 5.26 Å². The number of rotatable bonds is 6. The number of nitrogens with zero attached hydrogens (tertiary/aromatic N) is 1. The summed E-state index contributed by atoms with van der Waals surface area (Å²) in [5.74, 6) is -1.10. The third kappa shape index (κ3) is 5.18. The Hall–Kier alpha value is -3.89. The summed E-state index contributed by atoms with van der Waals surface area (Å²) in [6, 6.07) is 15.7. The van der Waals surface area contributed by atoms with Crippen LogP contribution < -0.4 is 5.32 Å². The molecular weight excluding hydrogens is 412 g/mol. The van der Waals surface area contributed by atoms with Gasteiger partial charge in [0.05, 0.1) is 6.61 Å². The van der Waals surface area contributed by atoms with E-state index in [1.54, 1.807) is 24.4 Å². The van der Waals surface area contributed by atoms with Gasteiger partial charge in [0.15, 0.2) is 0 Å². The Morgan fingerprint density at radius 2 is 1.84 bits per heavy atom. The van der Waals surface area contributed by atoms with Gasteiger partial charge >= 0.3 is 5.97 Å². The molecule has 7 heteroatoms. The molecule has 1 aromatic heterocycles. The molecule has 6 nitrogen and oxygen atoms in total. The van der Waals surface area contributed by atoms with E-state index in [9.17, 15) is 20.0 Å². The fraction of sp³-hybridized carbons (Fsp3) is 0.125. The van der Waals surface area contributed by atoms with E-state index < -0.39 is 11.9 Å². The van der Waals surface area contributed by atoms with Gasteiger partial charge in [-0.05, 0) is 43.2 Å². The predicted molar refractivity (Wildman–Crippen MR) is 121 cm³/mol. The first-order chi connectivity index (χ1) is 14.9. The summed E-state index contributed by atoms with van der Waals surface area (Å²) in [6.45, 7) is 3.88. The van der Waals surface area contributed by atoms with Crippen LogP contribution in [0.25, 0.3) is 17.2 Å². The second kappa shape index (κ2) is 9.74. The monoisotopic (exact) mass is 432 g/mol. The Bertz CT molecular complexity index is 1170. The number of amides is 1. The highest BCUT2D eigenvalue weighted by atomic mass is 32.1. The predicted octanol–water partition coefficient (Wildman–Crippen LogP) is 5.15. The maximum atomic E-state index is 12.7. The number of nitrogens with one attached hydrogen (secondary N) is 1. The number of anilines is 1. The molecule has 1 heterocycles. The number of esters is 1. The lowest BCUT2D eigenvalue weighted by atomic mass is 10.0. The highest BCUT2D eigenvalue weighted by Crippen LogP contribution is 2.36. The summed E-state index contributed by atoms with van der Waals surface area (Å²) in [4.78, 5) is 25.4. The molecule has 1 amide bonds. The minimum absolute atomic E-state index is 0.0846. The topological polar surface area (TPSA) is 99.4 Å². The number of thiophene rings is 1. The van der Waals surface area contributed by atoms with E-state index in [2.05, 4.69) is 5.32 Å². The van der Waals surface area contributed by atoms with Crippen LogP contribution in [-0.2, 0) is 9.53 Å². The number of phenols is 1. The molecule has 0 spiro atoms. The molecule has 3 aromatic rings. The summed E-state index contributed by atoms with van der Waals surface area (Å²) < 4.78 is 5.20. The number of hydrogen-bond acceptors (Lipinski definition) is 6. The van der Waals surface area contributed by atoms with Gasteiger partial charge in [-0.3, -0.25) is 4.79 Å². The Morgan fingerprint density at radius 1 is 1.16 bits per heavy atom. The van der Waals surface area contributed by atoms with Gasteiger partial charge in [0.2, 0.25) is 0 Å². The van der Waals surface area contributed by atoms with Crippen molar-refractivity contribution >= 4 is 34.3 Å². The third-order valence-electron chi connectivity index (χ3n) is 4.43.